The van der Waals surface area contributed by atoms with Gasteiger partial charge in [0, 0.05) is 25.6 Å². The standard InChI is InChI=1S/C15H28N2O/c1-12-9-14(16)11-17(10-12)15(18)8-7-13-5-3-2-4-6-13/h12-14H,2-11,16H2,1H3. The van der Waals surface area contributed by atoms with E-state index in [2.05, 4.69) is 6.92 Å². The number of carbonyl (C=O) groups excluding carboxylic acids is 1. The van der Waals surface area contributed by atoms with Crippen molar-refractivity contribution in [3.05, 3.63) is 0 Å². The molecule has 0 bridgehead atoms. The number of hydrogen-bond acceptors (Lipinski definition) is 2. The summed E-state index contributed by atoms with van der Waals surface area (Å²) in [5, 5.41) is 0. The zero-order chi connectivity index (χ0) is 13.0. The maximum Gasteiger partial charge on any atom is 0.222 e. The molecule has 0 aromatic rings. The predicted molar refractivity (Wildman–Crippen MR) is 74.1 cm³/mol. The predicted octanol–water partition coefficient (Wildman–Crippen LogP) is 2.54. The van der Waals surface area contributed by atoms with E-state index in [4.69, 9.17) is 5.73 Å². The minimum atomic E-state index is 0.187. The Morgan fingerprint density at radius 2 is 1.94 bits per heavy atom. The first-order valence-corrected chi connectivity index (χ1v) is 7.68. The third-order valence-corrected chi connectivity index (χ3v) is 4.54. The van der Waals surface area contributed by atoms with Crippen LogP contribution in [0.15, 0.2) is 0 Å². The lowest BCUT2D eigenvalue weighted by atomic mass is 9.86. The molecule has 2 rings (SSSR count). The minimum absolute atomic E-state index is 0.187. The van der Waals surface area contributed by atoms with E-state index in [1.54, 1.807) is 0 Å². The summed E-state index contributed by atoms with van der Waals surface area (Å²) in [4.78, 5) is 14.2. The Kier molecular flexibility index (Phi) is 5.04. The molecule has 0 radical (unpaired) electrons. The van der Waals surface area contributed by atoms with Gasteiger partial charge in [-0.05, 0) is 24.7 Å². The molecule has 2 atom stereocenters. The molecule has 1 saturated heterocycles. The molecule has 0 aromatic carbocycles. The summed E-state index contributed by atoms with van der Waals surface area (Å²) in [6.45, 7) is 3.88. The van der Waals surface area contributed by atoms with Gasteiger partial charge in [0.15, 0.2) is 0 Å². The number of nitrogens with two attached hydrogens (primary N) is 1. The number of amides is 1. The van der Waals surface area contributed by atoms with Crippen molar-refractivity contribution in [2.75, 3.05) is 13.1 Å². The van der Waals surface area contributed by atoms with Crippen LogP contribution in [0.5, 0.6) is 0 Å². The van der Waals surface area contributed by atoms with Gasteiger partial charge in [0.1, 0.15) is 0 Å². The quantitative estimate of drug-likeness (QED) is 0.839. The fourth-order valence-corrected chi connectivity index (χ4v) is 3.56. The van der Waals surface area contributed by atoms with E-state index >= 15 is 0 Å². The van der Waals surface area contributed by atoms with Crippen LogP contribution < -0.4 is 5.73 Å². The summed E-state index contributed by atoms with van der Waals surface area (Å²) in [5.74, 6) is 1.70. The van der Waals surface area contributed by atoms with Crippen LogP contribution in [0.2, 0.25) is 0 Å². The number of hydrogen-bond donors (Lipinski definition) is 1. The zero-order valence-corrected chi connectivity index (χ0v) is 11.7. The molecule has 2 unspecified atom stereocenters. The smallest absolute Gasteiger partial charge is 0.222 e. The Morgan fingerprint density at radius 3 is 2.61 bits per heavy atom. The van der Waals surface area contributed by atoms with Gasteiger partial charge in [-0.1, -0.05) is 39.0 Å². The summed E-state index contributed by atoms with van der Waals surface area (Å²) < 4.78 is 0. The van der Waals surface area contributed by atoms with Gasteiger partial charge >= 0.3 is 0 Å². The van der Waals surface area contributed by atoms with E-state index in [1.807, 2.05) is 4.90 Å². The molecule has 1 aliphatic carbocycles. The van der Waals surface area contributed by atoms with E-state index in [-0.39, 0.29) is 6.04 Å². The lowest BCUT2D eigenvalue weighted by molar-refractivity contribution is -0.133. The summed E-state index contributed by atoms with van der Waals surface area (Å²) in [6, 6.07) is 0.187. The van der Waals surface area contributed by atoms with Gasteiger partial charge in [0.05, 0.1) is 0 Å². The Morgan fingerprint density at radius 1 is 1.22 bits per heavy atom. The maximum atomic E-state index is 12.2. The molecular formula is C15H28N2O. The van der Waals surface area contributed by atoms with Crippen molar-refractivity contribution in [3.63, 3.8) is 0 Å². The average Bonchev–Trinajstić information content (AvgIpc) is 2.36. The van der Waals surface area contributed by atoms with E-state index in [9.17, 15) is 4.79 Å². The first kappa shape index (κ1) is 13.9. The van der Waals surface area contributed by atoms with E-state index in [0.29, 0.717) is 11.8 Å². The van der Waals surface area contributed by atoms with Gasteiger partial charge in [-0.15, -0.1) is 0 Å². The second kappa shape index (κ2) is 6.55. The van der Waals surface area contributed by atoms with Crippen molar-refractivity contribution in [2.45, 2.75) is 64.3 Å². The molecule has 2 fully saturated rings. The van der Waals surface area contributed by atoms with Gasteiger partial charge in [-0.3, -0.25) is 4.79 Å². The lowest BCUT2D eigenvalue weighted by Gasteiger charge is -2.35. The highest BCUT2D eigenvalue weighted by molar-refractivity contribution is 5.76. The molecule has 2 N–H and O–H groups in total. The third-order valence-electron chi connectivity index (χ3n) is 4.54. The van der Waals surface area contributed by atoms with Gasteiger partial charge in [0.25, 0.3) is 0 Å². The molecule has 2 aliphatic rings. The number of likely N-dealkylation sites (tertiary alicyclic amines) is 1. The van der Waals surface area contributed by atoms with E-state index in [1.165, 1.54) is 32.1 Å². The average molecular weight is 252 g/mol. The van der Waals surface area contributed by atoms with Crippen molar-refractivity contribution in [2.24, 2.45) is 17.6 Å². The van der Waals surface area contributed by atoms with Crippen molar-refractivity contribution in [3.8, 4) is 0 Å². The summed E-state index contributed by atoms with van der Waals surface area (Å²) in [7, 11) is 0. The molecule has 3 nitrogen and oxygen atoms in total. The highest BCUT2D eigenvalue weighted by Gasteiger charge is 2.26. The number of nitrogens with zero attached hydrogens (tertiary/aromatic N) is 1. The fourth-order valence-electron chi connectivity index (χ4n) is 3.56. The van der Waals surface area contributed by atoms with Gasteiger partial charge in [-0.2, -0.15) is 0 Å². The van der Waals surface area contributed by atoms with Crippen LogP contribution >= 0.6 is 0 Å². The van der Waals surface area contributed by atoms with E-state index < -0.39 is 0 Å². The summed E-state index contributed by atoms with van der Waals surface area (Å²) in [6.07, 6.45) is 9.69. The number of carbonyl (C=O) groups is 1. The Bertz CT molecular complexity index is 264. The Balaban J connectivity index is 1.73. The number of rotatable bonds is 3. The minimum Gasteiger partial charge on any atom is -0.341 e. The normalized spacial score (nSPS) is 30.4. The largest absolute Gasteiger partial charge is 0.341 e. The molecule has 1 saturated carbocycles. The Labute approximate surface area is 111 Å². The molecular weight excluding hydrogens is 224 g/mol. The van der Waals surface area contributed by atoms with Crippen LogP contribution in [-0.4, -0.2) is 29.9 Å². The van der Waals surface area contributed by atoms with Crippen LogP contribution in [0.3, 0.4) is 0 Å². The van der Waals surface area contributed by atoms with Crippen LogP contribution in [0, 0.1) is 11.8 Å². The second-order valence-corrected chi connectivity index (χ2v) is 6.44. The first-order valence-electron chi connectivity index (χ1n) is 7.68. The number of piperidine rings is 1. The van der Waals surface area contributed by atoms with Gasteiger partial charge in [-0.25, -0.2) is 0 Å². The fraction of sp³-hybridized carbons (Fsp3) is 0.933. The lowest BCUT2D eigenvalue weighted by Crippen LogP contribution is -2.48. The van der Waals surface area contributed by atoms with Crippen LogP contribution in [0.25, 0.3) is 0 Å². The van der Waals surface area contributed by atoms with Crippen LogP contribution in [-0.2, 0) is 4.79 Å². The van der Waals surface area contributed by atoms with Crippen molar-refractivity contribution in [1.29, 1.82) is 0 Å². The highest BCUT2D eigenvalue weighted by atomic mass is 16.2. The molecule has 0 spiro atoms. The molecule has 3 heteroatoms. The van der Waals surface area contributed by atoms with Gasteiger partial charge < -0.3 is 10.6 Å². The summed E-state index contributed by atoms with van der Waals surface area (Å²) in [5.41, 5.74) is 6.00. The molecule has 0 aromatic heterocycles. The molecule has 104 valence electrons. The van der Waals surface area contributed by atoms with Crippen molar-refractivity contribution < 1.29 is 4.79 Å². The second-order valence-electron chi connectivity index (χ2n) is 6.44. The summed E-state index contributed by atoms with van der Waals surface area (Å²) >= 11 is 0. The molecule has 18 heavy (non-hydrogen) atoms. The zero-order valence-electron chi connectivity index (χ0n) is 11.7. The van der Waals surface area contributed by atoms with Crippen molar-refractivity contribution in [1.82, 2.24) is 4.90 Å². The molecule has 1 heterocycles. The SMILES string of the molecule is CC1CC(N)CN(C(=O)CCC2CCCCC2)C1. The Hall–Kier alpha value is -0.570. The van der Waals surface area contributed by atoms with Crippen LogP contribution in [0.4, 0.5) is 0 Å². The van der Waals surface area contributed by atoms with Gasteiger partial charge in [0.2, 0.25) is 5.91 Å². The molecule has 1 amide bonds. The molecule has 1 aliphatic heterocycles. The third kappa shape index (κ3) is 3.98. The monoisotopic (exact) mass is 252 g/mol. The van der Waals surface area contributed by atoms with E-state index in [0.717, 1.165) is 38.3 Å². The van der Waals surface area contributed by atoms with Crippen molar-refractivity contribution >= 4 is 5.91 Å². The van der Waals surface area contributed by atoms with Crippen LogP contribution in [0.1, 0.15) is 58.3 Å². The highest BCUT2D eigenvalue weighted by Crippen LogP contribution is 2.27. The first-order chi connectivity index (χ1) is 8.65. The maximum absolute atomic E-state index is 12.2. The topological polar surface area (TPSA) is 46.3 Å².